The molecule has 30 heavy (non-hydrogen) atoms. The molecule has 0 aliphatic rings. The van der Waals surface area contributed by atoms with Crippen LogP contribution in [0.25, 0.3) is 0 Å². The minimum absolute atomic E-state index is 0.00330. The molecule has 0 saturated carbocycles. The number of hydrogen-bond donors (Lipinski definition) is 2. The summed E-state index contributed by atoms with van der Waals surface area (Å²) >= 11 is 17.8. The van der Waals surface area contributed by atoms with E-state index in [0.717, 1.165) is 0 Å². The predicted octanol–water partition coefficient (Wildman–Crippen LogP) is 3.19. The van der Waals surface area contributed by atoms with Gasteiger partial charge in [0.15, 0.2) is 0 Å². The lowest BCUT2D eigenvalue weighted by atomic mass is 10.3. The number of halogens is 3. The summed E-state index contributed by atoms with van der Waals surface area (Å²) in [5.74, 6) is 0.473. The van der Waals surface area contributed by atoms with Gasteiger partial charge < -0.3 is 24.4 Å². The maximum Gasteiger partial charge on any atom is 0.206 e. The summed E-state index contributed by atoms with van der Waals surface area (Å²) in [7, 11) is -2.48. The maximum absolute atomic E-state index is 12.9. The molecule has 0 aromatic heterocycles. The fourth-order valence-corrected chi connectivity index (χ4v) is 4.28. The first-order valence-electron chi connectivity index (χ1n) is 8.70. The van der Waals surface area contributed by atoms with E-state index >= 15 is 0 Å². The highest BCUT2D eigenvalue weighted by molar-refractivity contribution is 7.91. The van der Waals surface area contributed by atoms with Crippen molar-refractivity contribution >= 4 is 44.6 Å². The van der Waals surface area contributed by atoms with Crippen LogP contribution in [0.4, 0.5) is 0 Å². The standard InChI is InChI=1S/C19H21Cl3O7S/c1-27-13(9-23)11-29-19-5-3-15(7-17(19)22)30(25,26)14-2-4-18(16(21)6-14)28-10-12(24)8-20/h2-7,12-13,23-24H,8-11H2,1H3/t12-,13+/m0/s1. The van der Waals surface area contributed by atoms with Crippen LogP contribution < -0.4 is 9.47 Å². The Labute approximate surface area is 190 Å². The second-order valence-electron chi connectivity index (χ2n) is 6.16. The summed E-state index contributed by atoms with van der Waals surface area (Å²) in [5.41, 5.74) is 0. The lowest BCUT2D eigenvalue weighted by molar-refractivity contribution is 0.0164. The van der Waals surface area contributed by atoms with Crippen LogP contribution >= 0.6 is 34.8 Å². The highest BCUT2D eigenvalue weighted by Crippen LogP contribution is 2.33. The molecule has 0 bridgehead atoms. The topological polar surface area (TPSA) is 102 Å². The summed E-state index contributed by atoms with van der Waals surface area (Å²) in [6.07, 6.45) is -1.40. The van der Waals surface area contributed by atoms with E-state index in [1.165, 1.54) is 43.5 Å². The van der Waals surface area contributed by atoms with Gasteiger partial charge in [0.05, 0.1) is 32.3 Å². The quantitative estimate of drug-likeness (QED) is 0.458. The van der Waals surface area contributed by atoms with Crippen LogP contribution in [0.1, 0.15) is 0 Å². The fraction of sp³-hybridized carbons (Fsp3) is 0.368. The van der Waals surface area contributed by atoms with Crippen LogP contribution in [0, 0.1) is 0 Å². The maximum atomic E-state index is 12.9. The summed E-state index contributed by atoms with van der Waals surface area (Å²) < 4.78 is 41.6. The number of alkyl halides is 1. The van der Waals surface area contributed by atoms with E-state index in [-0.39, 0.29) is 57.0 Å². The van der Waals surface area contributed by atoms with E-state index in [1.807, 2.05) is 0 Å². The largest absolute Gasteiger partial charge is 0.489 e. The zero-order valence-corrected chi connectivity index (χ0v) is 19.0. The molecule has 7 nitrogen and oxygen atoms in total. The molecular formula is C19H21Cl3O7S. The van der Waals surface area contributed by atoms with Crippen LogP contribution in [0.2, 0.25) is 10.0 Å². The smallest absolute Gasteiger partial charge is 0.206 e. The lowest BCUT2D eigenvalue weighted by Crippen LogP contribution is -2.24. The summed E-state index contributed by atoms with van der Waals surface area (Å²) in [4.78, 5) is -0.102. The molecule has 0 fully saturated rings. The highest BCUT2D eigenvalue weighted by atomic mass is 35.5. The SMILES string of the molecule is CO[C@H](CO)COc1ccc(S(=O)(=O)c2ccc(OC[C@@H](O)CCl)c(Cl)c2)cc1Cl. The molecule has 2 aromatic carbocycles. The Bertz CT molecular complexity index is 949. The molecule has 0 radical (unpaired) electrons. The molecule has 2 atom stereocenters. The molecule has 2 aromatic rings. The van der Waals surface area contributed by atoms with Crippen molar-refractivity contribution < 1.29 is 32.8 Å². The van der Waals surface area contributed by atoms with Crippen LogP contribution in [-0.2, 0) is 14.6 Å². The van der Waals surface area contributed by atoms with Gasteiger partial charge in [-0.2, -0.15) is 0 Å². The molecule has 2 N–H and O–H groups in total. The molecule has 0 unspecified atom stereocenters. The van der Waals surface area contributed by atoms with E-state index in [9.17, 15) is 13.5 Å². The van der Waals surface area contributed by atoms with Gasteiger partial charge >= 0.3 is 0 Å². The van der Waals surface area contributed by atoms with E-state index < -0.39 is 22.0 Å². The Balaban J connectivity index is 2.20. The molecule has 0 spiro atoms. The second-order valence-corrected chi connectivity index (χ2v) is 9.23. The number of aliphatic hydroxyl groups excluding tert-OH is 2. The van der Waals surface area contributed by atoms with Gasteiger partial charge in [-0.25, -0.2) is 8.42 Å². The number of ether oxygens (including phenoxy) is 3. The van der Waals surface area contributed by atoms with Crippen molar-refractivity contribution in [2.45, 2.75) is 22.0 Å². The molecule has 2 rings (SSSR count). The normalized spacial score (nSPS) is 13.7. The third kappa shape index (κ3) is 6.37. The number of hydrogen-bond acceptors (Lipinski definition) is 7. The average Bonchev–Trinajstić information content (AvgIpc) is 2.73. The third-order valence-electron chi connectivity index (χ3n) is 4.00. The van der Waals surface area contributed by atoms with Gasteiger partial charge in [-0.3, -0.25) is 0 Å². The van der Waals surface area contributed by atoms with Crippen molar-refractivity contribution in [1.82, 2.24) is 0 Å². The Hall–Kier alpha value is -1.26. The number of methoxy groups -OCH3 is 1. The molecule has 0 aliphatic heterocycles. The summed E-state index contributed by atoms with van der Waals surface area (Å²) in [6.45, 7) is -0.257. The van der Waals surface area contributed by atoms with Gasteiger partial charge in [0.1, 0.15) is 36.9 Å². The van der Waals surface area contributed by atoms with Gasteiger partial charge in [0, 0.05) is 7.11 Å². The lowest BCUT2D eigenvalue weighted by Gasteiger charge is -2.15. The molecule has 0 heterocycles. The molecular weight excluding hydrogens is 479 g/mol. The number of aliphatic hydroxyl groups is 2. The van der Waals surface area contributed by atoms with Crippen molar-refractivity contribution in [2.24, 2.45) is 0 Å². The van der Waals surface area contributed by atoms with Crippen LogP contribution in [-0.4, -0.2) is 63.6 Å². The third-order valence-corrected chi connectivity index (χ3v) is 6.69. The minimum Gasteiger partial charge on any atom is -0.489 e. The first kappa shape index (κ1) is 25.0. The number of rotatable bonds is 11. The van der Waals surface area contributed by atoms with E-state index in [2.05, 4.69) is 0 Å². The number of benzene rings is 2. The molecule has 0 amide bonds. The fourth-order valence-electron chi connectivity index (χ4n) is 2.28. The van der Waals surface area contributed by atoms with Gasteiger partial charge in [-0.15, -0.1) is 11.6 Å². The highest BCUT2D eigenvalue weighted by Gasteiger charge is 2.21. The van der Waals surface area contributed by atoms with Crippen molar-refractivity contribution in [3.05, 3.63) is 46.4 Å². The summed E-state index contributed by atoms with van der Waals surface area (Å²) in [5, 5.41) is 18.7. The molecule has 166 valence electrons. The van der Waals surface area contributed by atoms with Crippen molar-refractivity contribution in [2.75, 3.05) is 32.8 Å². The summed E-state index contributed by atoms with van der Waals surface area (Å²) in [6, 6.07) is 8.03. The predicted molar refractivity (Wildman–Crippen MR) is 114 cm³/mol. The number of sulfone groups is 1. The van der Waals surface area contributed by atoms with E-state index in [1.54, 1.807) is 0 Å². The average molecular weight is 500 g/mol. The first-order valence-corrected chi connectivity index (χ1v) is 11.5. The molecule has 0 aliphatic carbocycles. The molecule has 11 heteroatoms. The molecule has 0 saturated heterocycles. The zero-order valence-electron chi connectivity index (χ0n) is 15.9. The van der Waals surface area contributed by atoms with Crippen LogP contribution in [0.5, 0.6) is 11.5 Å². The van der Waals surface area contributed by atoms with Gasteiger partial charge in [0.25, 0.3) is 0 Å². The Morgan fingerprint density at radius 2 is 1.47 bits per heavy atom. The first-order chi connectivity index (χ1) is 14.2. The van der Waals surface area contributed by atoms with Gasteiger partial charge in [-0.05, 0) is 36.4 Å². The van der Waals surface area contributed by atoms with Gasteiger partial charge in [0.2, 0.25) is 9.84 Å². The second kappa shape index (κ2) is 11.4. The monoisotopic (exact) mass is 498 g/mol. The van der Waals surface area contributed by atoms with Crippen molar-refractivity contribution in [3.63, 3.8) is 0 Å². The van der Waals surface area contributed by atoms with Gasteiger partial charge in [-0.1, -0.05) is 23.2 Å². The van der Waals surface area contributed by atoms with Crippen LogP contribution in [0.3, 0.4) is 0 Å². The van der Waals surface area contributed by atoms with Crippen molar-refractivity contribution in [3.8, 4) is 11.5 Å². The Morgan fingerprint density at radius 1 is 0.967 bits per heavy atom. The van der Waals surface area contributed by atoms with E-state index in [0.29, 0.717) is 0 Å². The Kier molecular flexibility index (Phi) is 9.49. The zero-order chi connectivity index (χ0) is 22.3. The Morgan fingerprint density at radius 3 is 1.87 bits per heavy atom. The van der Waals surface area contributed by atoms with E-state index in [4.69, 9.17) is 54.1 Å². The minimum atomic E-state index is -3.91. The van der Waals surface area contributed by atoms with Crippen molar-refractivity contribution in [1.29, 1.82) is 0 Å². The van der Waals surface area contributed by atoms with Crippen LogP contribution in [0.15, 0.2) is 46.2 Å².